The molecule has 0 atom stereocenters. The molecule has 0 spiro atoms. The maximum atomic E-state index is 11.9. The average Bonchev–Trinajstić information content (AvgIpc) is 2.93. The fraction of sp³-hybridized carbons (Fsp3) is 0.143. The number of carbonyl (C=O) groups excluding carboxylic acids is 2. The van der Waals surface area contributed by atoms with Crippen LogP contribution in [-0.2, 0) is 0 Å². The summed E-state index contributed by atoms with van der Waals surface area (Å²) >= 11 is 0. The highest BCUT2D eigenvalue weighted by molar-refractivity contribution is 5.98. The van der Waals surface area contributed by atoms with Crippen LogP contribution in [0.5, 0.6) is 0 Å². The van der Waals surface area contributed by atoms with E-state index in [0.717, 1.165) is 11.1 Å². The predicted octanol–water partition coefficient (Wildman–Crippen LogP) is 1.97. The summed E-state index contributed by atoms with van der Waals surface area (Å²) in [6.07, 6.45) is 1.39. The lowest BCUT2D eigenvalue weighted by Gasteiger charge is -2.09. The quantitative estimate of drug-likeness (QED) is 0.809. The third kappa shape index (κ3) is 2.82. The van der Waals surface area contributed by atoms with Gasteiger partial charge in [0.1, 0.15) is 0 Å². The zero-order valence-electron chi connectivity index (χ0n) is 10.7. The molecule has 1 aromatic carbocycles. The molecule has 0 bridgehead atoms. The molecule has 0 aliphatic heterocycles. The Labute approximate surface area is 110 Å². The van der Waals surface area contributed by atoms with Gasteiger partial charge in [-0.1, -0.05) is 12.1 Å². The summed E-state index contributed by atoms with van der Waals surface area (Å²) in [5, 5.41) is 0. The van der Waals surface area contributed by atoms with Gasteiger partial charge >= 0.3 is 5.91 Å². The van der Waals surface area contributed by atoms with Crippen LogP contribution in [0.4, 0.5) is 0 Å². The van der Waals surface area contributed by atoms with Gasteiger partial charge in [0.25, 0.3) is 5.91 Å². The first-order valence-corrected chi connectivity index (χ1v) is 5.80. The minimum atomic E-state index is -0.497. The summed E-state index contributed by atoms with van der Waals surface area (Å²) in [4.78, 5) is 23.5. The van der Waals surface area contributed by atoms with E-state index >= 15 is 0 Å². The van der Waals surface area contributed by atoms with Crippen molar-refractivity contribution < 1.29 is 14.0 Å². The molecule has 1 heterocycles. The normalized spacial score (nSPS) is 10.0. The van der Waals surface area contributed by atoms with Gasteiger partial charge in [-0.25, -0.2) is 0 Å². The Morgan fingerprint density at radius 1 is 1.00 bits per heavy atom. The van der Waals surface area contributed by atoms with Crippen LogP contribution in [-0.4, -0.2) is 11.8 Å². The number of nitrogens with one attached hydrogen (secondary N) is 2. The lowest BCUT2D eigenvalue weighted by atomic mass is 10.0. The summed E-state index contributed by atoms with van der Waals surface area (Å²) < 4.78 is 4.91. The molecule has 5 heteroatoms. The minimum Gasteiger partial charge on any atom is -0.459 e. The first-order valence-electron chi connectivity index (χ1n) is 5.80. The van der Waals surface area contributed by atoms with E-state index in [1.165, 1.54) is 12.3 Å². The smallest absolute Gasteiger partial charge is 0.305 e. The van der Waals surface area contributed by atoms with Gasteiger partial charge in [0.05, 0.1) is 6.26 Å². The molecule has 0 saturated heterocycles. The van der Waals surface area contributed by atoms with E-state index in [1.54, 1.807) is 18.2 Å². The zero-order chi connectivity index (χ0) is 13.8. The van der Waals surface area contributed by atoms with Gasteiger partial charge < -0.3 is 4.42 Å². The Balaban J connectivity index is 2.02. The van der Waals surface area contributed by atoms with Crippen molar-refractivity contribution in [3.05, 3.63) is 59.0 Å². The zero-order valence-corrected chi connectivity index (χ0v) is 10.7. The van der Waals surface area contributed by atoms with Gasteiger partial charge in [-0.05, 0) is 43.2 Å². The number of hydrogen-bond acceptors (Lipinski definition) is 3. The number of amides is 2. The lowest BCUT2D eigenvalue weighted by molar-refractivity contribution is 0.0830. The first kappa shape index (κ1) is 12.9. The second-order valence-corrected chi connectivity index (χ2v) is 4.13. The summed E-state index contributed by atoms with van der Waals surface area (Å²) in [5.74, 6) is -0.717. The van der Waals surface area contributed by atoms with Crippen LogP contribution in [0, 0.1) is 13.8 Å². The van der Waals surface area contributed by atoms with E-state index in [0.29, 0.717) is 5.56 Å². The van der Waals surface area contributed by atoms with Crippen molar-refractivity contribution in [3.8, 4) is 0 Å². The molecule has 2 N–H and O–H groups in total. The highest BCUT2D eigenvalue weighted by Gasteiger charge is 2.12. The van der Waals surface area contributed by atoms with Gasteiger partial charge in [0.2, 0.25) is 0 Å². The maximum Gasteiger partial charge on any atom is 0.305 e. The van der Waals surface area contributed by atoms with Crippen molar-refractivity contribution in [2.45, 2.75) is 13.8 Å². The molecule has 0 saturated carbocycles. The van der Waals surface area contributed by atoms with E-state index in [1.807, 2.05) is 19.9 Å². The number of furan rings is 1. The topological polar surface area (TPSA) is 71.3 Å². The van der Waals surface area contributed by atoms with E-state index < -0.39 is 5.91 Å². The molecular formula is C14H14N2O3. The molecular weight excluding hydrogens is 244 g/mol. The van der Waals surface area contributed by atoms with Crippen molar-refractivity contribution in [2.75, 3.05) is 0 Å². The van der Waals surface area contributed by atoms with Crippen molar-refractivity contribution in [1.82, 2.24) is 10.9 Å². The average molecular weight is 258 g/mol. The van der Waals surface area contributed by atoms with Crippen LogP contribution in [0.2, 0.25) is 0 Å². The number of carbonyl (C=O) groups is 2. The lowest BCUT2D eigenvalue weighted by Crippen LogP contribution is -2.41. The van der Waals surface area contributed by atoms with Crippen LogP contribution < -0.4 is 10.9 Å². The number of aryl methyl sites for hydroxylation is 1. The second kappa shape index (κ2) is 5.39. The molecule has 0 unspecified atom stereocenters. The standard InChI is InChI=1S/C14H14N2O3/c1-9-5-3-6-11(10(9)2)13(17)15-16-14(18)12-7-4-8-19-12/h3-8H,1-2H3,(H,15,17)(H,16,18). The Kier molecular flexibility index (Phi) is 3.66. The highest BCUT2D eigenvalue weighted by Crippen LogP contribution is 2.12. The highest BCUT2D eigenvalue weighted by atomic mass is 16.3. The third-order valence-electron chi connectivity index (χ3n) is 2.88. The van der Waals surface area contributed by atoms with Crippen molar-refractivity contribution in [3.63, 3.8) is 0 Å². The number of rotatable bonds is 2. The van der Waals surface area contributed by atoms with Crippen LogP contribution in [0.1, 0.15) is 32.0 Å². The van der Waals surface area contributed by atoms with Crippen LogP contribution in [0.25, 0.3) is 0 Å². The first-order chi connectivity index (χ1) is 9.09. The Morgan fingerprint density at radius 2 is 1.74 bits per heavy atom. The Hall–Kier alpha value is -2.56. The maximum absolute atomic E-state index is 11.9. The molecule has 2 rings (SSSR count). The van der Waals surface area contributed by atoms with Crippen molar-refractivity contribution >= 4 is 11.8 Å². The molecule has 5 nitrogen and oxygen atoms in total. The van der Waals surface area contributed by atoms with Crippen LogP contribution >= 0.6 is 0 Å². The van der Waals surface area contributed by atoms with Gasteiger partial charge in [-0.3, -0.25) is 20.4 Å². The Morgan fingerprint density at radius 3 is 2.42 bits per heavy atom. The molecule has 19 heavy (non-hydrogen) atoms. The van der Waals surface area contributed by atoms with E-state index in [9.17, 15) is 9.59 Å². The minimum absolute atomic E-state index is 0.140. The molecule has 1 aromatic heterocycles. The summed E-state index contributed by atoms with van der Waals surface area (Å²) in [6, 6.07) is 8.54. The molecule has 0 aliphatic rings. The van der Waals surface area contributed by atoms with Crippen LogP contribution in [0.3, 0.4) is 0 Å². The number of hydrogen-bond donors (Lipinski definition) is 2. The summed E-state index contributed by atoms with van der Waals surface area (Å²) in [5.41, 5.74) is 7.08. The second-order valence-electron chi connectivity index (χ2n) is 4.13. The van der Waals surface area contributed by atoms with Gasteiger partial charge in [-0.2, -0.15) is 0 Å². The third-order valence-corrected chi connectivity index (χ3v) is 2.88. The molecule has 98 valence electrons. The number of benzene rings is 1. The molecule has 0 aliphatic carbocycles. The monoisotopic (exact) mass is 258 g/mol. The summed E-state index contributed by atoms with van der Waals surface area (Å²) in [7, 11) is 0. The summed E-state index contributed by atoms with van der Waals surface area (Å²) in [6.45, 7) is 3.78. The predicted molar refractivity (Wildman–Crippen MR) is 69.6 cm³/mol. The fourth-order valence-corrected chi connectivity index (χ4v) is 1.65. The fourth-order valence-electron chi connectivity index (χ4n) is 1.65. The molecule has 2 amide bonds. The van der Waals surface area contributed by atoms with Gasteiger partial charge in [0, 0.05) is 5.56 Å². The van der Waals surface area contributed by atoms with E-state index in [2.05, 4.69) is 10.9 Å². The Bertz CT molecular complexity index is 603. The van der Waals surface area contributed by atoms with E-state index in [-0.39, 0.29) is 11.7 Å². The molecule has 2 aromatic rings. The molecule has 0 fully saturated rings. The SMILES string of the molecule is Cc1cccc(C(=O)NNC(=O)c2ccco2)c1C. The van der Waals surface area contributed by atoms with Gasteiger partial charge in [0.15, 0.2) is 5.76 Å². The van der Waals surface area contributed by atoms with Gasteiger partial charge in [-0.15, -0.1) is 0 Å². The molecule has 0 radical (unpaired) electrons. The van der Waals surface area contributed by atoms with E-state index in [4.69, 9.17) is 4.42 Å². The number of hydrazine groups is 1. The van der Waals surface area contributed by atoms with Crippen molar-refractivity contribution in [2.24, 2.45) is 0 Å². The van der Waals surface area contributed by atoms with Crippen LogP contribution in [0.15, 0.2) is 41.0 Å². The van der Waals surface area contributed by atoms with Crippen molar-refractivity contribution in [1.29, 1.82) is 0 Å². The largest absolute Gasteiger partial charge is 0.459 e.